The first-order valence-electron chi connectivity index (χ1n) is 5.78. The average Bonchev–Trinajstić information content (AvgIpc) is 2.31. The lowest BCUT2D eigenvalue weighted by molar-refractivity contribution is 0.221. The molecule has 0 spiro atoms. The monoisotopic (exact) mass is 219 g/mol. The van der Waals surface area contributed by atoms with Gasteiger partial charge in [-0.2, -0.15) is 0 Å². The minimum Gasteiger partial charge on any atom is -0.299 e. The van der Waals surface area contributed by atoms with Gasteiger partial charge in [-0.15, -0.1) is 4.91 Å². The van der Waals surface area contributed by atoms with Gasteiger partial charge in [0.05, 0.1) is 11.0 Å². The van der Waals surface area contributed by atoms with Crippen molar-refractivity contribution >= 4 is 5.69 Å². The van der Waals surface area contributed by atoms with E-state index in [0.717, 1.165) is 12.2 Å². The van der Waals surface area contributed by atoms with Gasteiger partial charge in [0.2, 0.25) is 0 Å². The van der Waals surface area contributed by atoms with Crippen molar-refractivity contribution < 1.29 is 0 Å². The van der Waals surface area contributed by atoms with Crippen molar-refractivity contribution in [1.82, 2.24) is 4.90 Å². The Labute approximate surface area is 95.6 Å². The molecule has 0 aliphatic carbocycles. The van der Waals surface area contributed by atoms with Crippen LogP contribution >= 0.6 is 0 Å². The first-order valence-corrected chi connectivity index (χ1v) is 5.78. The summed E-state index contributed by atoms with van der Waals surface area (Å²) >= 11 is 0. The lowest BCUT2D eigenvalue weighted by atomic mass is 10.1. The van der Waals surface area contributed by atoms with E-state index >= 15 is 0 Å². The molecule has 4 heteroatoms. The van der Waals surface area contributed by atoms with Crippen molar-refractivity contribution in [3.63, 3.8) is 0 Å². The Morgan fingerprint density at radius 3 is 2.81 bits per heavy atom. The van der Waals surface area contributed by atoms with Crippen LogP contribution < -0.4 is 5.43 Å². The molecule has 1 aliphatic heterocycles. The second kappa shape index (κ2) is 5.61. The van der Waals surface area contributed by atoms with E-state index in [2.05, 4.69) is 21.7 Å². The lowest BCUT2D eigenvalue weighted by Gasteiger charge is -2.26. The number of nitrogens with zero attached hydrogens (tertiary/aromatic N) is 2. The SMILES string of the molecule is O=NNc1cccc(CN2CCCCC2)c1. The van der Waals surface area contributed by atoms with Gasteiger partial charge in [0.1, 0.15) is 0 Å². The molecule has 0 saturated carbocycles. The number of benzene rings is 1. The highest BCUT2D eigenvalue weighted by Gasteiger charge is 2.10. The minimum absolute atomic E-state index is 0.768. The smallest absolute Gasteiger partial charge is 0.0597 e. The molecule has 1 aromatic carbocycles. The van der Waals surface area contributed by atoms with E-state index in [1.165, 1.54) is 37.9 Å². The van der Waals surface area contributed by atoms with Crippen LogP contribution in [0.4, 0.5) is 5.69 Å². The highest BCUT2D eigenvalue weighted by Crippen LogP contribution is 2.16. The van der Waals surface area contributed by atoms with Crippen molar-refractivity contribution in [2.75, 3.05) is 18.5 Å². The summed E-state index contributed by atoms with van der Waals surface area (Å²) in [5.41, 5.74) is 4.44. The number of anilines is 1. The van der Waals surface area contributed by atoms with Crippen LogP contribution in [0.15, 0.2) is 29.6 Å². The van der Waals surface area contributed by atoms with Crippen molar-refractivity contribution in [1.29, 1.82) is 0 Å². The predicted molar refractivity (Wildman–Crippen MR) is 65.0 cm³/mol. The molecule has 86 valence electrons. The normalized spacial score (nSPS) is 17.0. The second-order valence-electron chi connectivity index (χ2n) is 4.24. The third kappa shape index (κ3) is 3.03. The summed E-state index contributed by atoms with van der Waals surface area (Å²) in [6.07, 6.45) is 3.95. The maximum atomic E-state index is 10.1. The molecule has 1 fully saturated rings. The Morgan fingerprint density at radius 2 is 2.06 bits per heavy atom. The summed E-state index contributed by atoms with van der Waals surface area (Å²) in [4.78, 5) is 12.6. The van der Waals surface area contributed by atoms with Gasteiger partial charge in [-0.05, 0) is 43.6 Å². The molecule has 1 saturated heterocycles. The fraction of sp³-hybridized carbons (Fsp3) is 0.500. The maximum Gasteiger partial charge on any atom is 0.0597 e. The number of piperidine rings is 1. The van der Waals surface area contributed by atoms with E-state index in [1.807, 2.05) is 18.2 Å². The van der Waals surface area contributed by atoms with E-state index in [-0.39, 0.29) is 0 Å². The van der Waals surface area contributed by atoms with E-state index < -0.39 is 0 Å². The quantitative estimate of drug-likeness (QED) is 0.625. The standard InChI is InChI=1S/C12H17N3O/c16-14-13-12-6-4-5-11(9-12)10-15-7-2-1-3-8-15/h4-6,9H,1-3,7-8,10H2,(H,13,16). The number of likely N-dealkylation sites (tertiary alicyclic amines) is 1. The van der Waals surface area contributed by atoms with Gasteiger partial charge in [-0.3, -0.25) is 4.90 Å². The molecule has 0 radical (unpaired) electrons. The summed E-state index contributed by atoms with van der Waals surface area (Å²) in [5, 5.41) is 2.68. The van der Waals surface area contributed by atoms with Crippen LogP contribution in [0.2, 0.25) is 0 Å². The number of hydrogen-bond donors (Lipinski definition) is 1. The van der Waals surface area contributed by atoms with Crippen molar-refractivity contribution in [2.24, 2.45) is 5.29 Å². The van der Waals surface area contributed by atoms with E-state index in [0.29, 0.717) is 0 Å². The molecule has 1 aromatic rings. The molecule has 2 rings (SSSR count). The fourth-order valence-corrected chi connectivity index (χ4v) is 2.17. The Morgan fingerprint density at radius 1 is 1.25 bits per heavy atom. The molecule has 0 unspecified atom stereocenters. The zero-order chi connectivity index (χ0) is 11.2. The Kier molecular flexibility index (Phi) is 3.88. The van der Waals surface area contributed by atoms with Crippen LogP contribution in [0.25, 0.3) is 0 Å². The minimum atomic E-state index is 0.768. The highest BCUT2D eigenvalue weighted by molar-refractivity contribution is 5.44. The molecule has 1 heterocycles. The highest BCUT2D eigenvalue weighted by atomic mass is 16.3. The Bertz CT molecular complexity index is 348. The Balaban J connectivity index is 1.97. The van der Waals surface area contributed by atoms with Crippen LogP contribution in [-0.2, 0) is 6.54 Å². The number of nitrogens with one attached hydrogen (secondary N) is 1. The number of rotatable bonds is 4. The molecule has 1 N–H and O–H groups in total. The van der Waals surface area contributed by atoms with E-state index in [4.69, 9.17) is 0 Å². The predicted octanol–water partition coefficient (Wildman–Crippen LogP) is 2.77. The molecular weight excluding hydrogens is 202 g/mol. The average molecular weight is 219 g/mol. The van der Waals surface area contributed by atoms with Crippen molar-refractivity contribution in [2.45, 2.75) is 25.8 Å². The third-order valence-corrected chi connectivity index (χ3v) is 2.96. The summed E-state index contributed by atoms with van der Waals surface area (Å²) in [5.74, 6) is 0. The first-order chi connectivity index (χ1) is 7.88. The summed E-state index contributed by atoms with van der Waals surface area (Å²) in [6, 6.07) is 7.87. The summed E-state index contributed by atoms with van der Waals surface area (Å²) in [7, 11) is 0. The third-order valence-electron chi connectivity index (χ3n) is 2.96. The second-order valence-corrected chi connectivity index (χ2v) is 4.24. The van der Waals surface area contributed by atoms with Crippen LogP contribution in [0.1, 0.15) is 24.8 Å². The molecule has 0 amide bonds. The van der Waals surface area contributed by atoms with Crippen molar-refractivity contribution in [3.05, 3.63) is 34.7 Å². The van der Waals surface area contributed by atoms with Gasteiger partial charge in [0, 0.05) is 6.54 Å². The van der Waals surface area contributed by atoms with Gasteiger partial charge in [-0.1, -0.05) is 18.6 Å². The molecule has 0 aromatic heterocycles. The van der Waals surface area contributed by atoms with Gasteiger partial charge in [0.15, 0.2) is 0 Å². The molecule has 1 aliphatic rings. The zero-order valence-corrected chi connectivity index (χ0v) is 9.35. The summed E-state index contributed by atoms with van der Waals surface area (Å²) < 4.78 is 0. The topological polar surface area (TPSA) is 44.7 Å². The molecule has 4 nitrogen and oxygen atoms in total. The lowest BCUT2D eigenvalue weighted by Crippen LogP contribution is -2.29. The largest absolute Gasteiger partial charge is 0.299 e. The molecular formula is C12H17N3O. The van der Waals surface area contributed by atoms with Gasteiger partial charge >= 0.3 is 0 Å². The zero-order valence-electron chi connectivity index (χ0n) is 9.35. The van der Waals surface area contributed by atoms with E-state index in [9.17, 15) is 4.91 Å². The van der Waals surface area contributed by atoms with Gasteiger partial charge in [-0.25, -0.2) is 5.43 Å². The van der Waals surface area contributed by atoms with Crippen LogP contribution in [0, 0.1) is 4.91 Å². The van der Waals surface area contributed by atoms with Crippen LogP contribution in [-0.4, -0.2) is 18.0 Å². The van der Waals surface area contributed by atoms with Gasteiger partial charge in [0.25, 0.3) is 0 Å². The molecule has 0 bridgehead atoms. The van der Waals surface area contributed by atoms with Crippen LogP contribution in [0.5, 0.6) is 0 Å². The van der Waals surface area contributed by atoms with E-state index in [1.54, 1.807) is 0 Å². The number of nitroso groups, excluding NO2 is 1. The molecule has 16 heavy (non-hydrogen) atoms. The Hall–Kier alpha value is -1.42. The molecule has 0 atom stereocenters. The first kappa shape index (κ1) is 11.1. The van der Waals surface area contributed by atoms with Gasteiger partial charge < -0.3 is 0 Å². The van der Waals surface area contributed by atoms with Crippen molar-refractivity contribution in [3.8, 4) is 0 Å². The number of hydrogen-bond acceptors (Lipinski definition) is 3. The summed E-state index contributed by atoms with van der Waals surface area (Å²) in [6.45, 7) is 3.33. The van der Waals surface area contributed by atoms with Crippen LogP contribution in [0.3, 0.4) is 0 Å². The fourth-order valence-electron chi connectivity index (χ4n) is 2.17. The maximum absolute atomic E-state index is 10.1.